The van der Waals surface area contributed by atoms with Crippen molar-refractivity contribution >= 4 is 11.7 Å². The number of benzene rings is 1. The van der Waals surface area contributed by atoms with E-state index in [0.29, 0.717) is 19.4 Å². The fourth-order valence-electron chi connectivity index (χ4n) is 4.20. The Hall–Kier alpha value is -2.53. The SMILES string of the molecule is CCC(=O)c1ccc(C[C@@H](CNC(=O)C[C@H](CC2CC2)c2ccccn2)N(C)C)c(C)c1. The Morgan fingerprint density at radius 3 is 2.56 bits per heavy atom. The minimum Gasteiger partial charge on any atom is -0.355 e. The lowest BCUT2D eigenvalue weighted by atomic mass is 9.93. The van der Waals surface area contributed by atoms with Crippen molar-refractivity contribution in [1.29, 1.82) is 0 Å². The van der Waals surface area contributed by atoms with Gasteiger partial charge in [-0.25, -0.2) is 0 Å². The maximum Gasteiger partial charge on any atom is 0.220 e. The molecule has 1 heterocycles. The van der Waals surface area contributed by atoms with Gasteiger partial charge in [0, 0.05) is 48.8 Å². The van der Waals surface area contributed by atoms with Crippen LogP contribution in [-0.2, 0) is 11.2 Å². The lowest BCUT2D eigenvalue weighted by Gasteiger charge is -2.26. The van der Waals surface area contributed by atoms with Crippen LogP contribution in [0.5, 0.6) is 0 Å². The molecule has 1 aliphatic carbocycles. The molecule has 0 spiro atoms. The summed E-state index contributed by atoms with van der Waals surface area (Å²) in [7, 11) is 4.09. The van der Waals surface area contributed by atoms with Gasteiger partial charge in [-0.15, -0.1) is 0 Å². The molecule has 0 radical (unpaired) electrons. The summed E-state index contributed by atoms with van der Waals surface area (Å²) in [5.41, 5.74) is 4.14. The highest BCUT2D eigenvalue weighted by atomic mass is 16.1. The first kappa shape index (κ1) is 24.1. The standard InChI is InChI=1S/C27H37N3O2/c1-5-26(31)22-12-11-21(19(2)14-22)16-24(30(3)4)18-29-27(32)17-23(15-20-9-10-20)25-8-6-7-13-28-25/h6-8,11-14,20,23-24H,5,9-10,15-18H2,1-4H3,(H,29,32)/t23-,24-/m0/s1. The number of likely N-dealkylation sites (N-methyl/N-ethyl adjacent to an activating group) is 1. The van der Waals surface area contributed by atoms with Gasteiger partial charge in [0.05, 0.1) is 0 Å². The van der Waals surface area contributed by atoms with E-state index in [2.05, 4.69) is 28.2 Å². The van der Waals surface area contributed by atoms with Crippen LogP contribution in [0.4, 0.5) is 0 Å². The summed E-state index contributed by atoms with van der Waals surface area (Å²) in [6.45, 7) is 4.54. The molecule has 1 saturated carbocycles. The largest absolute Gasteiger partial charge is 0.355 e. The summed E-state index contributed by atoms with van der Waals surface area (Å²) >= 11 is 0. The summed E-state index contributed by atoms with van der Waals surface area (Å²) in [5.74, 6) is 1.20. The topological polar surface area (TPSA) is 62.3 Å². The van der Waals surface area contributed by atoms with Crippen molar-refractivity contribution in [2.75, 3.05) is 20.6 Å². The van der Waals surface area contributed by atoms with Crippen LogP contribution in [0.1, 0.15) is 72.1 Å². The van der Waals surface area contributed by atoms with Crippen molar-refractivity contribution < 1.29 is 9.59 Å². The first-order valence-electron chi connectivity index (χ1n) is 11.8. The molecule has 32 heavy (non-hydrogen) atoms. The fraction of sp³-hybridized carbons (Fsp3) is 0.519. The monoisotopic (exact) mass is 435 g/mol. The summed E-state index contributed by atoms with van der Waals surface area (Å²) in [6.07, 6.45) is 7.24. The molecular formula is C27H37N3O2. The van der Waals surface area contributed by atoms with Crippen molar-refractivity contribution in [1.82, 2.24) is 15.2 Å². The zero-order valence-corrected chi connectivity index (χ0v) is 19.9. The molecular weight excluding hydrogens is 398 g/mol. The summed E-state index contributed by atoms with van der Waals surface area (Å²) in [4.78, 5) is 31.5. The highest BCUT2D eigenvalue weighted by Gasteiger charge is 2.28. The highest BCUT2D eigenvalue weighted by molar-refractivity contribution is 5.96. The number of nitrogens with zero attached hydrogens (tertiary/aromatic N) is 2. The number of aryl methyl sites for hydroxylation is 1. The predicted octanol–water partition coefficient (Wildman–Crippen LogP) is 4.55. The number of Topliss-reactive ketones (excluding diaryl/α,β-unsaturated/α-hetero) is 1. The predicted molar refractivity (Wildman–Crippen MR) is 129 cm³/mol. The molecule has 0 aliphatic heterocycles. The van der Waals surface area contributed by atoms with Crippen molar-refractivity contribution in [3.63, 3.8) is 0 Å². The molecule has 3 rings (SSSR count). The van der Waals surface area contributed by atoms with Crippen LogP contribution >= 0.6 is 0 Å². The van der Waals surface area contributed by atoms with Crippen molar-refractivity contribution in [2.24, 2.45) is 5.92 Å². The van der Waals surface area contributed by atoms with Crippen LogP contribution in [0.3, 0.4) is 0 Å². The molecule has 2 aromatic rings. The number of hydrogen-bond donors (Lipinski definition) is 1. The second-order valence-corrected chi connectivity index (χ2v) is 9.38. The number of rotatable bonds is 12. The van der Waals surface area contributed by atoms with Gasteiger partial charge < -0.3 is 10.2 Å². The van der Waals surface area contributed by atoms with Gasteiger partial charge in [0.15, 0.2) is 5.78 Å². The molecule has 0 bridgehead atoms. The molecule has 0 saturated heterocycles. The third-order valence-electron chi connectivity index (χ3n) is 6.56. The Balaban J connectivity index is 1.59. The Morgan fingerprint density at radius 1 is 1.19 bits per heavy atom. The third kappa shape index (κ3) is 6.99. The number of ketones is 1. The lowest BCUT2D eigenvalue weighted by molar-refractivity contribution is -0.121. The Morgan fingerprint density at radius 2 is 1.97 bits per heavy atom. The Kier molecular flexibility index (Phi) is 8.57. The summed E-state index contributed by atoms with van der Waals surface area (Å²) in [6, 6.07) is 12.1. The maximum absolute atomic E-state index is 12.8. The van der Waals surface area contributed by atoms with Crippen LogP contribution in [0.15, 0.2) is 42.6 Å². The van der Waals surface area contributed by atoms with Gasteiger partial charge >= 0.3 is 0 Å². The van der Waals surface area contributed by atoms with E-state index < -0.39 is 0 Å². The zero-order valence-electron chi connectivity index (χ0n) is 19.9. The second-order valence-electron chi connectivity index (χ2n) is 9.38. The van der Waals surface area contributed by atoms with E-state index in [1.165, 1.54) is 18.4 Å². The highest BCUT2D eigenvalue weighted by Crippen LogP contribution is 2.39. The third-order valence-corrected chi connectivity index (χ3v) is 6.56. The van der Waals surface area contributed by atoms with Crippen molar-refractivity contribution in [3.05, 3.63) is 65.0 Å². The maximum atomic E-state index is 12.8. The number of carbonyl (C=O) groups excluding carboxylic acids is 2. The molecule has 1 amide bonds. The number of aromatic nitrogens is 1. The average molecular weight is 436 g/mol. The molecule has 1 aromatic carbocycles. The number of nitrogens with one attached hydrogen (secondary N) is 1. The van der Waals surface area contributed by atoms with E-state index in [-0.39, 0.29) is 23.7 Å². The summed E-state index contributed by atoms with van der Waals surface area (Å²) < 4.78 is 0. The molecule has 1 N–H and O–H groups in total. The van der Waals surface area contributed by atoms with Gasteiger partial charge in [-0.1, -0.05) is 38.0 Å². The van der Waals surface area contributed by atoms with Crippen LogP contribution in [0.25, 0.3) is 0 Å². The van der Waals surface area contributed by atoms with Gasteiger partial charge in [0.1, 0.15) is 0 Å². The molecule has 1 aliphatic rings. The molecule has 5 nitrogen and oxygen atoms in total. The minimum atomic E-state index is 0.0914. The van der Waals surface area contributed by atoms with E-state index in [0.717, 1.165) is 35.6 Å². The van der Waals surface area contributed by atoms with Crippen molar-refractivity contribution in [3.8, 4) is 0 Å². The summed E-state index contributed by atoms with van der Waals surface area (Å²) in [5, 5.41) is 3.17. The fourth-order valence-corrected chi connectivity index (χ4v) is 4.20. The van der Waals surface area contributed by atoms with E-state index in [1.54, 1.807) is 0 Å². The van der Waals surface area contributed by atoms with Crippen molar-refractivity contribution in [2.45, 2.75) is 64.3 Å². The van der Waals surface area contributed by atoms with E-state index in [4.69, 9.17) is 0 Å². The van der Waals surface area contributed by atoms with Crippen LogP contribution in [-0.4, -0.2) is 48.3 Å². The first-order valence-corrected chi connectivity index (χ1v) is 11.8. The minimum absolute atomic E-state index is 0.0914. The zero-order chi connectivity index (χ0) is 23.1. The van der Waals surface area contributed by atoms with E-state index >= 15 is 0 Å². The van der Waals surface area contributed by atoms with Gasteiger partial charge in [-0.2, -0.15) is 0 Å². The first-order chi connectivity index (χ1) is 15.4. The van der Waals surface area contributed by atoms with Gasteiger partial charge in [0.2, 0.25) is 5.91 Å². The smallest absolute Gasteiger partial charge is 0.220 e. The molecule has 172 valence electrons. The van der Waals surface area contributed by atoms with Gasteiger partial charge in [-0.05, 0) is 69.1 Å². The van der Waals surface area contributed by atoms with E-state index in [9.17, 15) is 9.59 Å². The molecule has 1 fully saturated rings. The molecule has 2 atom stereocenters. The average Bonchev–Trinajstić information content (AvgIpc) is 3.61. The molecule has 0 unspecified atom stereocenters. The quantitative estimate of drug-likeness (QED) is 0.497. The normalized spacial score (nSPS) is 15.4. The van der Waals surface area contributed by atoms with Crippen LogP contribution in [0.2, 0.25) is 0 Å². The van der Waals surface area contributed by atoms with Gasteiger partial charge in [-0.3, -0.25) is 14.6 Å². The number of carbonyl (C=O) groups is 2. The lowest BCUT2D eigenvalue weighted by Crippen LogP contribution is -2.42. The van der Waals surface area contributed by atoms with Crippen LogP contribution in [0, 0.1) is 12.8 Å². The number of hydrogen-bond acceptors (Lipinski definition) is 4. The Labute approximate surface area is 192 Å². The van der Waals surface area contributed by atoms with Crippen LogP contribution < -0.4 is 5.32 Å². The Bertz CT molecular complexity index is 906. The second kappa shape index (κ2) is 11.4. The van der Waals surface area contributed by atoms with E-state index in [1.807, 2.05) is 57.5 Å². The number of amides is 1. The number of pyridine rings is 1. The molecule has 5 heteroatoms. The van der Waals surface area contributed by atoms with Gasteiger partial charge in [0.25, 0.3) is 0 Å². The molecule has 1 aromatic heterocycles.